The van der Waals surface area contributed by atoms with Gasteiger partial charge in [-0.1, -0.05) is 51.8 Å². The molecule has 0 aliphatic carbocycles. The molecule has 14 heteroatoms. The average Bonchev–Trinajstić information content (AvgIpc) is 2.76. The summed E-state index contributed by atoms with van der Waals surface area (Å²) in [4.78, 5) is -0.172. The summed E-state index contributed by atoms with van der Waals surface area (Å²) in [6, 6.07) is 6.61. The van der Waals surface area contributed by atoms with Crippen LogP contribution in [0.25, 0.3) is 22.3 Å². The van der Waals surface area contributed by atoms with E-state index in [0.717, 1.165) is 11.1 Å². The van der Waals surface area contributed by atoms with Crippen LogP contribution in [0.15, 0.2) is 60.9 Å². The predicted octanol–water partition coefficient (Wildman–Crippen LogP) is 8.02. The van der Waals surface area contributed by atoms with Crippen LogP contribution in [-0.4, -0.2) is 16.8 Å². The van der Waals surface area contributed by atoms with Crippen LogP contribution in [0.2, 0.25) is 0 Å². The lowest BCUT2D eigenvalue weighted by Gasteiger charge is -2.23. The Balaban J connectivity index is 2.68. The van der Waals surface area contributed by atoms with Crippen LogP contribution >= 0.6 is 95.6 Å². The van der Waals surface area contributed by atoms with Crippen molar-refractivity contribution in [2.45, 2.75) is 36.5 Å². The monoisotopic (exact) mass is 912 g/mol. The third-order valence-corrected chi connectivity index (χ3v) is 13.0. The standard InChI is InChI=1S/C22H18Br6N2O4S2/c1-3-9-13(24)7-15(35(29,31)32)21(27)17(9)11-5-6-12(23)20(26)19(11)18-10(4-2)14(25)8-16(22(18)28)36(30,33)34/h5-8H,3-4H2,1-2H3,(H2,29,31,32)(H2,30,33,34). The van der Waals surface area contributed by atoms with Gasteiger partial charge >= 0.3 is 0 Å². The summed E-state index contributed by atoms with van der Waals surface area (Å²) in [6.45, 7) is 3.90. The zero-order valence-corrected chi connectivity index (χ0v) is 29.7. The summed E-state index contributed by atoms with van der Waals surface area (Å²) in [5, 5.41) is 11.1. The molecule has 3 aromatic carbocycles. The zero-order chi connectivity index (χ0) is 27.3. The minimum Gasteiger partial charge on any atom is -0.225 e. The van der Waals surface area contributed by atoms with E-state index in [4.69, 9.17) is 10.3 Å². The van der Waals surface area contributed by atoms with Crippen LogP contribution in [-0.2, 0) is 32.9 Å². The molecule has 0 aromatic heterocycles. The molecule has 0 unspecified atom stereocenters. The normalized spacial score (nSPS) is 12.3. The van der Waals surface area contributed by atoms with Crippen molar-refractivity contribution in [3.8, 4) is 22.3 Å². The number of benzene rings is 3. The van der Waals surface area contributed by atoms with E-state index in [-0.39, 0.29) is 9.79 Å². The second-order valence-electron chi connectivity index (χ2n) is 7.63. The molecule has 0 saturated heterocycles. The van der Waals surface area contributed by atoms with Gasteiger partial charge in [-0.05, 0) is 111 Å². The highest BCUT2D eigenvalue weighted by Gasteiger charge is 2.29. The van der Waals surface area contributed by atoms with Gasteiger partial charge in [0.1, 0.15) is 0 Å². The first kappa shape index (κ1) is 30.9. The maximum atomic E-state index is 12.5. The lowest BCUT2D eigenvalue weighted by Crippen LogP contribution is -2.15. The van der Waals surface area contributed by atoms with Crippen molar-refractivity contribution in [1.29, 1.82) is 0 Å². The fourth-order valence-electron chi connectivity index (χ4n) is 3.93. The molecule has 0 aliphatic heterocycles. The van der Waals surface area contributed by atoms with Gasteiger partial charge in [0, 0.05) is 43.5 Å². The topological polar surface area (TPSA) is 120 Å². The van der Waals surface area contributed by atoms with Gasteiger partial charge in [-0.3, -0.25) is 0 Å². The average molecular weight is 918 g/mol. The number of rotatable bonds is 6. The van der Waals surface area contributed by atoms with Crippen molar-refractivity contribution in [3.05, 3.63) is 62.2 Å². The largest absolute Gasteiger partial charge is 0.239 e. The molecule has 0 amide bonds. The Labute approximate surface area is 260 Å². The van der Waals surface area contributed by atoms with E-state index >= 15 is 0 Å². The molecule has 0 bridgehead atoms. The van der Waals surface area contributed by atoms with E-state index in [2.05, 4.69) is 95.6 Å². The van der Waals surface area contributed by atoms with Gasteiger partial charge in [0.2, 0.25) is 20.0 Å². The molecule has 0 atom stereocenters. The number of sulfonamides is 2. The minimum atomic E-state index is -4.08. The third kappa shape index (κ3) is 5.78. The molecule has 4 N–H and O–H groups in total. The zero-order valence-electron chi connectivity index (χ0n) is 18.6. The minimum absolute atomic E-state index is 0.0826. The highest BCUT2D eigenvalue weighted by Crippen LogP contribution is 2.51. The molecular weight excluding hydrogens is 900 g/mol. The molecule has 3 aromatic rings. The van der Waals surface area contributed by atoms with Gasteiger partial charge in [-0.25, -0.2) is 27.1 Å². The number of primary sulfonamides is 2. The van der Waals surface area contributed by atoms with Crippen LogP contribution in [0, 0.1) is 0 Å². The molecule has 0 aliphatic rings. The van der Waals surface area contributed by atoms with Crippen molar-refractivity contribution in [2.75, 3.05) is 0 Å². The van der Waals surface area contributed by atoms with Crippen molar-refractivity contribution in [1.82, 2.24) is 0 Å². The number of hydrogen-bond acceptors (Lipinski definition) is 4. The van der Waals surface area contributed by atoms with Gasteiger partial charge in [0.15, 0.2) is 0 Å². The molecule has 0 fully saturated rings. The summed E-state index contributed by atoms with van der Waals surface area (Å²) in [7, 11) is -8.15. The number of hydrogen-bond donors (Lipinski definition) is 2. The Morgan fingerprint density at radius 2 is 1.03 bits per heavy atom. The molecule has 36 heavy (non-hydrogen) atoms. The molecule has 194 valence electrons. The van der Waals surface area contributed by atoms with E-state index in [1.807, 2.05) is 26.0 Å². The van der Waals surface area contributed by atoms with Gasteiger partial charge in [-0.2, -0.15) is 0 Å². The first-order chi connectivity index (χ1) is 16.6. The summed E-state index contributed by atoms with van der Waals surface area (Å²) in [5.74, 6) is 0. The highest BCUT2D eigenvalue weighted by molar-refractivity contribution is 9.13. The van der Waals surface area contributed by atoms with Crippen molar-refractivity contribution >= 4 is 116 Å². The van der Waals surface area contributed by atoms with Gasteiger partial charge in [0.05, 0.1) is 9.79 Å². The first-order valence-electron chi connectivity index (χ1n) is 10.1. The summed E-state index contributed by atoms with van der Waals surface area (Å²) >= 11 is 21.3. The van der Waals surface area contributed by atoms with Crippen LogP contribution in [0.5, 0.6) is 0 Å². The van der Waals surface area contributed by atoms with Crippen molar-refractivity contribution < 1.29 is 16.8 Å². The quantitative estimate of drug-likeness (QED) is 0.261. The third-order valence-electron chi connectivity index (χ3n) is 5.50. The summed E-state index contributed by atoms with van der Waals surface area (Å²) in [6.07, 6.45) is 1.12. The number of halogens is 6. The second kappa shape index (κ2) is 11.5. The van der Waals surface area contributed by atoms with Gasteiger partial charge < -0.3 is 0 Å². The second-order valence-corrected chi connectivity index (χ2v) is 15.6. The van der Waals surface area contributed by atoms with Crippen LogP contribution in [0.1, 0.15) is 25.0 Å². The van der Waals surface area contributed by atoms with Gasteiger partial charge in [-0.15, -0.1) is 0 Å². The lowest BCUT2D eigenvalue weighted by atomic mass is 9.88. The van der Waals surface area contributed by atoms with E-state index in [1.54, 1.807) is 0 Å². The lowest BCUT2D eigenvalue weighted by molar-refractivity contribution is 0.595. The van der Waals surface area contributed by atoms with Gasteiger partial charge in [0.25, 0.3) is 0 Å². The van der Waals surface area contributed by atoms with E-state index < -0.39 is 20.0 Å². The number of nitrogens with two attached hydrogens (primary N) is 2. The SMILES string of the molecule is CCc1c(Br)cc(S(N)(=O)=O)c(Br)c1-c1ccc(Br)c(Br)c1-c1c(Br)c(S(N)(=O)=O)cc(Br)c1CC. The Morgan fingerprint density at radius 3 is 1.44 bits per heavy atom. The summed E-state index contributed by atoms with van der Waals surface area (Å²) in [5.41, 5.74) is 4.13. The first-order valence-corrected chi connectivity index (χ1v) is 18.0. The van der Waals surface area contributed by atoms with Crippen LogP contribution in [0.4, 0.5) is 0 Å². The Hall–Kier alpha value is 0.360. The van der Waals surface area contributed by atoms with E-state index in [9.17, 15) is 16.8 Å². The maximum absolute atomic E-state index is 12.5. The Kier molecular flexibility index (Phi) is 9.83. The molecule has 0 saturated carbocycles. The van der Waals surface area contributed by atoms with Crippen molar-refractivity contribution in [3.63, 3.8) is 0 Å². The van der Waals surface area contributed by atoms with Crippen molar-refractivity contribution in [2.24, 2.45) is 10.3 Å². The molecule has 0 heterocycles. The Bertz CT molecular complexity index is 1620. The molecular formula is C22H18Br6N2O4S2. The summed E-state index contributed by atoms with van der Waals surface area (Å²) < 4.78 is 52.9. The smallest absolute Gasteiger partial charge is 0.225 e. The van der Waals surface area contributed by atoms with Crippen LogP contribution < -0.4 is 10.3 Å². The fourth-order valence-corrected chi connectivity index (χ4v) is 10.3. The van der Waals surface area contributed by atoms with E-state index in [0.29, 0.717) is 61.9 Å². The maximum Gasteiger partial charge on any atom is 0.239 e. The van der Waals surface area contributed by atoms with Crippen LogP contribution in [0.3, 0.4) is 0 Å². The fraction of sp³-hybridized carbons (Fsp3) is 0.182. The highest BCUT2D eigenvalue weighted by atomic mass is 79.9. The molecule has 6 nitrogen and oxygen atoms in total. The Morgan fingerprint density at radius 1 is 0.611 bits per heavy atom. The predicted molar refractivity (Wildman–Crippen MR) is 165 cm³/mol. The molecule has 0 radical (unpaired) electrons. The van der Waals surface area contributed by atoms with E-state index in [1.165, 1.54) is 12.1 Å². The molecule has 0 spiro atoms. The molecule has 3 rings (SSSR count).